The van der Waals surface area contributed by atoms with Gasteiger partial charge in [0, 0.05) is 30.7 Å². The second kappa shape index (κ2) is 11.4. The largest absolute Gasteiger partial charge is 0.317 e. The molecule has 0 bridgehead atoms. The molecule has 0 unspecified atom stereocenters. The van der Waals surface area contributed by atoms with Gasteiger partial charge in [-0.25, -0.2) is 4.98 Å². The van der Waals surface area contributed by atoms with Crippen molar-refractivity contribution in [2.75, 3.05) is 11.9 Å². The van der Waals surface area contributed by atoms with Crippen LogP contribution in [0.1, 0.15) is 29.4 Å². The highest BCUT2D eigenvalue weighted by Gasteiger charge is 2.20. The second-order valence-corrected chi connectivity index (χ2v) is 8.68. The lowest BCUT2D eigenvalue weighted by Gasteiger charge is -2.26. The van der Waals surface area contributed by atoms with Crippen LogP contribution in [0.3, 0.4) is 0 Å². The van der Waals surface area contributed by atoms with Gasteiger partial charge in [-0.3, -0.25) is 9.55 Å². The van der Waals surface area contributed by atoms with Crippen molar-refractivity contribution in [2.24, 2.45) is 5.10 Å². The Morgan fingerprint density at radius 1 is 0.974 bits per heavy atom. The summed E-state index contributed by atoms with van der Waals surface area (Å²) in [4.78, 5) is 11.6. The topological polar surface area (TPSA) is 58.3 Å². The van der Waals surface area contributed by atoms with Crippen molar-refractivity contribution < 1.29 is 0 Å². The number of rotatable bonds is 8. The fourth-order valence-electron chi connectivity index (χ4n) is 4.65. The van der Waals surface area contributed by atoms with E-state index in [1.54, 1.807) is 13.2 Å². The minimum absolute atomic E-state index is 0.607. The number of anilines is 1. The molecule has 0 fully saturated rings. The van der Waals surface area contributed by atoms with E-state index in [-0.39, 0.29) is 0 Å². The molecule has 3 aromatic heterocycles. The lowest BCUT2D eigenvalue weighted by Crippen LogP contribution is -2.33. The molecule has 5 aromatic rings. The molecule has 6 nitrogen and oxygen atoms in total. The molecule has 6 heteroatoms. The van der Waals surface area contributed by atoms with Crippen LogP contribution >= 0.6 is 0 Å². The van der Waals surface area contributed by atoms with Gasteiger partial charge in [-0.15, -0.1) is 0 Å². The summed E-state index contributed by atoms with van der Waals surface area (Å²) in [5, 5.41) is 5.76. The summed E-state index contributed by atoms with van der Waals surface area (Å²) in [5.74, 6) is 1.54. The minimum Gasteiger partial charge on any atom is -0.317 e. The lowest BCUT2D eigenvalue weighted by atomic mass is 10.1. The number of para-hydroxylation sites is 1. The number of fused-ring (bicyclic) bond motifs is 1. The second-order valence-electron chi connectivity index (χ2n) is 8.68. The smallest absolute Gasteiger partial charge is 0.179 e. The van der Waals surface area contributed by atoms with Crippen LogP contribution in [0.5, 0.6) is 0 Å². The predicted octanol–water partition coefficient (Wildman–Crippen LogP) is 6.68. The SMILES string of the molecule is C=Cc1c(/C=C\C)n(-c2ccc(N(Cc3ccccc3)/C(=N\NC)c3ccccn3)cn2)c2ccccc12. The van der Waals surface area contributed by atoms with Crippen molar-refractivity contribution in [1.82, 2.24) is 20.0 Å². The third-order valence-electron chi connectivity index (χ3n) is 6.30. The van der Waals surface area contributed by atoms with Crippen molar-refractivity contribution in [3.8, 4) is 5.82 Å². The van der Waals surface area contributed by atoms with E-state index >= 15 is 0 Å². The molecule has 1 N–H and O–H groups in total. The fourth-order valence-corrected chi connectivity index (χ4v) is 4.65. The van der Waals surface area contributed by atoms with E-state index in [9.17, 15) is 0 Å². The molecule has 0 saturated carbocycles. The Morgan fingerprint density at radius 2 is 1.76 bits per heavy atom. The normalized spacial score (nSPS) is 11.7. The van der Waals surface area contributed by atoms with Gasteiger partial charge >= 0.3 is 0 Å². The zero-order chi connectivity index (χ0) is 26.3. The number of pyridine rings is 2. The Hall–Kier alpha value is -4.97. The molecular weight excluding hydrogens is 468 g/mol. The summed E-state index contributed by atoms with van der Waals surface area (Å²) in [6.45, 7) is 6.70. The number of hydrogen-bond acceptors (Lipinski definition) is 4. The molecule has 5 rings (SSSR count). The molecule has 0 atom stereocenters. The molecule has 0 aliphatic carbocycles. The lowest BCUT2D eigenvalue weighted by molar-refractivity contribution is 0.874. The van der Waals surface area contributed by atoms with Crippen LogP contribution in [-0.4, -0.2) is 27.4 Å². The van der Waals surface area contributed by atoms with Crippen LogP contribution in [0.25, 0.3) is 28.9 Å². The molecular formula is C32H30N6. The van der Waals surface area contributed by atoms with E-state index < -0.39 is 0 Å². The summed E-state index contributed by atoms with van der Waals surface area (Å²) in [5.41, 5.74) is 9.01. The first-order valence-electron chi connectivity index (χ1n) is 12.6. The Bertz CT molecular complexity index is 1580. The third kappa shape index (κ3) is 4.84. The minimum atomic E-state index is 0.607. The molecule has 3 heterocycles. The molecule has 0 aliphatic rings. The van der Waals surface area contributed by atoms with E-state index in [1.165, 1.54) is 0 Å². The predicted molar refractivity (Wildman–Crippen MR) is 158 cm³/mol. The van der Waals surface area contributed by atoms with Crippen molar-refractivity contribution in [3.63, 3.8) is 0 Å². The van der Waals surface area contributed by atoms with Crippen LogP contribution in [0.15, 0.2) is 115 Å². The van der Waals surface area contributed by atoms with Crippen LogP contribution in [0, 0.1) is 0 Å². The van der Waals surface area contributed by atoms with Gasteiger partial charge in [0.25, 0.3) is 0 Å². The molecule has 188 valence electrons. The number of amidine groups is 1. The van der Waals surface area contributed by atoms with Gasteiger partial charge in [-0.1, -0.05) is 73.3 Å². The van der Waals surface area contributed by atoms with Crippen LogP contribution < -0.4 is 10.3 Å². The number of benzene rings is 2. The number of nitrogens with one attached hydrogen (secondary N) is 1. The summed E-state index contributed by atoms with van der Waals surface area (Å²) in [6, 6.07) is 28.6. The van der Waals surface area contributed by atoms with E-state index in [4.69, 9.17) is 4.98 Å². The Morgan fingerprint density at radius 3 is 2.45 bits per heavy atom. The number of hydrogen-bond donors (Lipinski definition) is 1. The van der Waals surface area contributed by atoms with Crippen molar-refractivity contribution in [3.05, 3.63) is 132 Å². The van der Waals surface area contributed by atoms with Crippen LogP contribution in [-0.2, 0) is 6.54 Å². The molecule has 0 radical (unpaired) electrons. The van der Waals surface area contributed by atoms with E-state index in [0.29, 0.717) is 12.4 Å². The quantitative estimate of drug-likeness (QED) is 0.147. The summed E-state index contributed by atoms with van der Waals surface area (Å²) >= 11 is 0. The van der Waals surface area contributed by atoms with Crippen molar-refractivity contribution >= 4 is 34.6 Å². The first-order chi connectivity index (χ1) is 18.7. The van der Waals surface area contributed by atoms with Crippen molar-refractivity contribution in [1.29, 1.82) is 0 Å². The van der Waals surface area contributed by atoms with E-state index in [1.807, 2.05) is 61.7 Å². The monoisotopic (exact) mass is 498 g/mol. The Labute approximate surface area is 223 Å². The maximum Gasteiger partial charge on any atom is 0.179 e. The Kier molecular flexibility index (Phi) is 7.41. The number of allylic oxidation sites excluding steroid dienone is 1. The third-order valence-corrected chi connectivity index (χ3v) is 6.30. The van der Waals surface area contributed by atoms with Crippen LogP contribution in [0.4, 0.5) is 5.69 Å². The number of hydrazone groups is 1. The first-order valence-corrected chi connectivity index (χ1v) is 12.6. The summed E-state index contributed by atoms with van der Waals surface area (Å²) < 4.78 is 2.18. The first kappa shape index (κ1) is 24.7. The van der Waals surface area contributed by atoms with E-state index in [0.717, 1.165) is 44.9 Å². The maximum atomic E-state index is 4.95. The zero-order valence-corrected chi connectivity index (χ0v) is 21.6. The van der Waals surface area contributed by atoms with Gasteiger partial charge in [-0.2, -0.15) is 5.10 Å². The van der Waals surface area contributed by atoms with E-state index in [2.05, 4.69) is 86.2 Å². The van der Waals surface area contributed by atoms with Gasteiger partial charge in [0.05, 0.1) is 23.1 Å². The average Bonchev–Trinajstić information content (AvgIpc) is 3.29. The van der Waals surface area contributed by atoms with Crippen LogP contribution in [0.2, 0.25) is 0 Å². The molecule has 0 saturated heterocycles. The zero-order valence-electron chi connectivity index (χ0n) is 21.6. The highest BCUT2D eigenvalue weighted by Crippen LogP contribution is 2.31. The molecule has 38 heavy (non-hydrogen) atoms. The highest BCUT2D eigenvalue weighted by atomic mass is 15.3. The number of aromatic nitrogens is 3. The van der Waals surface area contributed by atoms with Gasteiger partial charge in [0.1, 0.15) is 11.5 Å². The summed E-state index contributed by atoms with van der Waals surface area (Å²) in [7, 11) is 1.79. The molecule has 0 spiro atoms. The van der Waals surface area contributed by atoms with Gasteiger partial charge in [-0.05, 0) is 48.9 Å². The van der Waals surface area contributed by atoms with Gasteiger partial charge in [0.15, 0.2) is 5.84 Å². The molecule has 0 amide bonds. The van der Waals surface area contributed by atoms with Crippen molar-refractivity contribution in [2.45, 2.75) is 13.5 Å². The standard InChI is InChI=1S/C32H30N6/c1-4-13-29-26(5-2)27-16-9-10-18-30(27)38(29)31-20-19-25(22-35-31)37(23-24-14-7-6-8-15-24)32(36-33-3)28-17-11-12-21-34-28/h4-22,33H,2,23H2,1,3H3/b13-4-,36-32-. The Balaban J connectivity index is 1.63. The number of nitrogens with zero attached hydrogens (tertiary/aromatic N) is 5. The average molecular weight is 499 g/mol. The summed E-state index contributed by atoms with van der Waals surface area (Å²) in [6.07, 6.45) is 9.74. The maximum absolute atomic E-state index is 4.95. The molecule has 2 aromatic carbocycles. The van der Waals surface area contributed by atoms with Gasteiger partial charge in [0.2, 0.25) is 0 Å². The molecule has 0 aliphatic heterocycles. The fraction of sp³-hybridized carbons (Fsp3) is 0.0938. The van der Waals surface area contributed by atoms with Gasteiger partial charge < -0.3 is 10.3 Å². The highest BCUT2D eigenvalue weighted by molar-refractivity contribution is 6.08.